The molecule has 2 amide bonds. The number of benzene rings is 1. The molecule has 2 aliphatic rings. The molecule has 1 aromatic rings. The number of carbonyl (C=O) groups excluding carboxylic acids is 2. The quantitative estimate of drug-likeness (QED) is 0.819. The summed E-state index contributed by atoms with van der Waals surface area (Å²) in [5.74, 6) is -0.832. The fourth-order valence-electron chi connectivity index (χ4n) is 2.99. The van der Waals surface area contributed by atoms with Crippen molar-refractivity contribution in [2.45, 2.75) is 6.92 Å². The van der Waals surface area contributed by atoms with Crippen molar-refractivity contribution in [3.63, 3.8) is 0 Å². The molecule has 122 valence electrons. The van der Waals surface area contributed by atoms with Gasteiger partial charge in [0.25, 0.3) is 11.8 Å². The van der Waals surface area contributed by atoms with Gasteiger partial charge in [0.2, 0.25) is 0 Å². The lowest BCUT2D eigenvalue weighted by molar-refractivity contribution is -0.902. The van der Waals surface area contributed by atoms with Crippen LogP contribution in [0.5, 0.6) is 0 Å². The van der Waals surface area contributed by atoms with Gasteiger partial charge in [-0.2, -0.15) is 0 Å². The smallest absolute Gasteiger partial charge is 0.283 e. The standard InChI is InChI=1S/C16H17Cl2N3O2/c1-2-19-7-9-20(10-8-19)14-13(18)15(22)21(16(14)23)12-5-3-11(17)4-6-12/h3-6H,2,7-10H2,1H3/p+1. The Morgan fingerprint density at radius 3 is 2.22 bits per heavy atom. The number of nitrogens with one attached hydrogen (secondary N) is 1. The molecule has 1 aromatic carbocycles. The lowest BCUT2D eigenvalue weighted by atomic mass is 10.2. The highest BCUT2D eigenvalue weighted by Crippen LogP contribution is 2.31. The normalized spacial score (nSPS) is 20.0. The average molecular weight is 355 g/mol. The zero-order valence-electron chi connectivity index (χ0n) is 12.8. The average Bonchev–Trinajstić information content (AvgIpc) is 2.78. The van der Waals surface area contributed by atoms with E-state index in [1.807, 2.05) is 4.90 Å². The van der Waals surface area contributed by atoms with Crippen molar-refractivity contribution in [1.29, 1.82) is 0 Å². The van der Waals surface area contributed by atoms with E-state index in [2.05, 4.69) is 6.92 Å². The molecule has 3 rings (SSSR count). The van der Waals surface area contributed by atoms with E-state index in [9.17, 15) is 9.59 Å². The van der Waals surface area contributed by atoms with Gasteiger partial charge in [-0.3, -0.25) is 9.59 Å². The molecule has 1 saturated heterocycles. The zero-order valence-corrected chi connectivity index (χ0v) is 14.3. The minimum Gasteiger partial charge on any atom is -0.354 e. The van der Waals surface area contributed by atoms with Crippen LogP contribution in [0.25, 0.3) is 0 Å². The minimum atomic E-state index is -0.473. The highest BCUT2D eigenvalue weighted by atomic mass is 35.5. The van der Waals surface area contributed by atoms with Crippen molar-refractivity contribution in [2.24, 2.45) is 0 Å². The summed E-state index contributed by atoms with van der Waals surface area (Å²) in [6.45, 7) is 6.53. The maximum absolute atomic E-state index is 12.7. The van der Waals surface area contributed by atoms with Crippen molar-refractivity contribution in [2.75, 3.05) is 37.6 Å². The predicted octanol–water partition coefficient (Wildman–Crippen LogP) is 0.884. The number of quaternary nitrogens is 1. The van der Waals surface area contributed by atoms with E-state index < -0.39 is 5.91 Å². The summed E-state index contributed by atoms with van der Waals surface area (Å²) in [4.78, 5) is 29.7. The molecule has 0 atom stereocenters. The van der Waals surface area contributed by atoms with Gasteiger partial charge in [-0.25, -0.2) is 4.90 Å². The van der Waals surface area contributed by atoms with Crippen molar-refractivity contribution < 1.29 is 14.5 Å². The number of hydrogen-bond donors (Lipinski definition) is 1. The molecule has 0 spiro atoms. The number of amides is 2. The van der Waals surface area contributed by atoms with E-state index in [1.54, 1.807) is 24.3 Å². The molecular weight excluding hydrogens is 337 g/mol. The maximum Gasteiger partial charge on any atom is 0.283 e. The molecule has 2 aliphatic heterocycles. The first kappa shape index (κ1) is 16.3. The minimum absolute atomic E-state index is 0.00454. The third kappa shape index (κ3) is 2.96. The fraction of sp³-hybridized carbons (Fsp3) is 0.375. The van der Waals surface area contributed by atoms with Crippen LogP contribution in [0.1, 0.15) is 6.92 Å². The van der Waals surface area contributed by atoms with Crippen LogP contribution in [0.4, 0.5) is 5.69 Å². The lowest BCUT2D eigenvalue weighted by Crippen LogP contribution is -3.14. The number of piperazine rings is 1. The molecular formula is C16H18Cl2N3O2+. The van der Waals surface area contributed by atoms with Gasteiger partial charge in [0.05, 0.1) is 38.4 Å². The first-order valence-corrected chi connectivity index (χ1v) is 8.41. The summed E-state index contributed by atoms with van der Waals surface area (Å²) in [6, 6.07) is 6.58. The first-order chi connectivity index (χ1) is 11.0. The second-order valence-electron chi connectivity index (χ2n) is 5.68. The van der Waals surface area contributed by atoms with Crippen LogP contribution in [0, 0.1) is 0 Å². The summed E-state index contributed by atoms with van der Waals surface area (Å²) >= 11 is 12.1. The van der Waals surface area contributed by atoms with Crippen LogP contribution in [0.3, 0.4) is 0 Å². The topological polar surface area (TPSA) is 45.1 Å². The van der Waals surface area contributed by atoms with Crippen LogP contribution in [0.2, 0.25) is 5.02 Å². The van der Waals surface area contributed by atoms with Gasteiger partial charge in [-0.1, -0.05) is 23.2 Å². The molecule has 0 aliphatic carbocycles. The predicted molar refractivity (Wildman–Crippen MR) is 89.6 cm³/mol. The van der Waals surface area contributed by atoms with Crippen LogP contribution in [0.15, 0.2) is 35.0 Å². The fourth-order valence-corrected chi connectivity index (χ4v) is 3.40. The highest BCUT2D eigenvalue weighted by Gasteiger charge is 2.42. The second-order valence-corrected chi connectivity index (χ2v) is 6.49. The summed E-state index contributed by atoms with van der Waals surface area (Å²) in [7, 11) is 0. The van der Waals surface area contributed by atoms with E-state index >= 15 is 0 Å². The van der Waals surface area contributed by atoms with Gasteiger partial charge < -0.3 is 9.80 Å². The highest BCUT2D eigenvalue weighted by molar-refractivity contribution is 6.52. The number of hydrogen-bond acceptors (Lipinski definition) is 3. The van der Waals surface area contributed by atoms with E-state index in [0.29, 0.717) is 16.4 Å². The zero-order chi connectivity index (χ0) is 16.6. The second kappa shape index (κ2) is 6.51. The molecule has 0 aromatic heterocycles. The Kier molecular flexibility index (Phi) is 4.62. The largest absolute Gasteiger partial charge is 0.354 e. The molecule has 0 bridgehead atoms. The number of halogens is 2. The Morgan fingerprint density at radius 2 is 1.65 bits per heavy atom. The number of rotatable bonds is 3. The number of carbonyl (C=O) groups is 2. The molecule has 1 fully saturated rings. The third-order valence-electron chi connectivity index (χ3n) is 4.38. The SMILES string of the molecule is CC[NH+]1CCN(C2=C(Cl)C(=O)N(c3ccc(Cl)cc3)C2=O)CC1. The van der Waals surface area contributed by atoms with Crippen LogP contribution in [-0.4, -0.2) is 49.4 Å². The Labute approximate surface area is 145 Å². The lowest BCUT2D eigenvalue weighted by Gasteiger charge is -2.33. The van der Waals surface area contributed by atoms with E-state index in [1.165, 1.54) is 4.90 Å². The van der Waals surface area contributed by atoms with E-state index in [-0.39, 0.29) is 10.9 Å². The summed E-state index contributed by atoms with van der Waals surface area (Å²) < 4.78 is 0. The van der Waals surface area contributed by atoms with Gasteiger partial charge in [-0.15, -0.1) is 0 Å². The number of nitrogens with zero attached hydrogens (tertiary/aromatic N) is 2. The Hall–Kier alpha value is -1.56. The van der Waals surface area contributed by atoms with Crippen molar-refractivity contribution in [3.05, 3.63) is 40.0 Å². The molecule has 2 heterocycles. The third-order valence-corrected chi connectivity index (χ3v) is 4.97. The number of likely N-dealkylation sites (N-methyl/N-ethyl adjacent to an activating group) is 1. The van der Waals surface area contributed by atoms with E-state index in [4.69, 9.17) is 23.2 Å². The van der Waals surface area contributed by atoms with Crippen molar-refractivity contribution >= 4 is 40.7 Å². The van der Waals surface area contributed by atoms with Gasteiger partial charge in [0.15, 0.2) is 0 Å². The Morgan fingerprint density at radius 1 is 1.04 bits per heavy atom. The summed E-state index contributed by atoms with van der Waals surface area (Å²) in [5, 5.41) is 0.552. The molecule has 0 saturated carbocycles. The molecule has 0 radical (unpaired) electrons. The maximum atomic E-state index is 12.7. The van der Waals surface area contributed by atoms with Crippen molar-refractivity contribution in [3.8, 4) is 0 Å². The van der Waals surface area contributed by atoms with Gasteiger partial charge >= 0.3 is 0 Å². The van der Waals surface area contributed by atoms with Gasteiger partial charge in [0, 0.05) is 5.02 Å². The van der Waals surface area contributed by atoms with Crippen LogP contribution < -0.4 is 9.80 Å². The molecule has 5 nitrogen and oxygen atoms in total. The van der Waals surface area contributed by atoms with Crippen LogP contribution >= 0.6 is 23.2 Å². The monoisotopic (exact) mass is 354 g/mol. The van der Waals surface area contributed by atoms with Crippen LogP contribution in [-0.2, 0) is 9.59 Å². The Bertz CT molecular complexity index is 664. The Balaban J connectivity index is 1.84. The van der Waals surface area contributed by atoms with Gasteiger partial charge in [-0.05, 0) is 31.2 Å². The molecule has 7 heteroatoms. The summed E-state index contributed by atoms with van der Waals surface area (Å²) in [5.41, 5.74) is 0.803. The van der Waals surface area contributed by atoms with Crippen molar-refractivity contribution in [1.82, 2.24) is 4.90 Å². The van der Waals surface area contributed by atoms with E-state index in [0.717, 1.165) is 37.6 Å². The first-order valence-electron chi connectivity index (χ1n) is 7.65. The number of imide groups is 1. The molecule has 1 N–H and O–H groups in total. The molecule has 23 heavy (non-hydrogen) atoms. The molecule has 0 unspecified atom stereocenters. The summed E-state index contributed by atoms with van der Waals surface area (Å²) in [6.07, 6.45) is 0. The van der Waals surface area contributed by atoms with Gasteiger partial charge in [0.1, 0.15) is 10.7 Å². The number of anilines is 1.